The Hall–Kier alpha value is -1.28. The average Bonchev–Trinajstić information content (AvgIpc) is 3.09. The largest absolute Gasteiger partial charge is 0.461 e. The van der Waals surface area contributed by atoms with Gasteiger partial charge in [0.1, 0.15) is 11.3 Å². The van der Waals surface area contributed by atoms with Crippen LogP contribution >= 0.6 is 24.0 Å². The molecule has 5 nitrogen and oxygen atoms in total. The molecule has 0 spiro atoms. The Morgan fingerprint density at radius 3 is 2.78 bits per heavy atom. The molecule has 150 valence electrons. The molecule has 0 aliphatic carbocycles. The lowest BCUT2D eigenvalue weighted by molar-refractivity contribution is 0.0625. The normalized spacial score (nSPS) is 15.6. The molecule has 2 aromatic rings. The summed E-state index contributed by atoms with van der Waals surface area (Å²) in [5, 5.41) is 4.56. The first-order valence-electron chi connectivity index (χ1n) is 9.81. The van der Waals surface area contributed by atoms with Gasteiger partial charge in [-0.15, -0.1) is 24.0 Å². The topological polar surface area (TPSA) is 50.0 Å². The molecule has 0 radical (unpaired) electrons. The van der Waals surface area contributed by atoms with E-state index in [1.165, 1.54) is 19.3 Å². The van der Waals surface area contributed by atoms with Crippen LogP contribution in [0.1, 0.15) is 31.9 Å². The maximum absolute atomic E-state index is 5.88. The van der Waals surface area contributed by atoms with Crippen LogP contribution in [0, 0.1) is 5.92 Å². The van der Waals surface area contributed by atoms with E-state index in [2.05, 4.69) is 36.3 Å². The number of rotatable bonds is 7. The molecule has 0 unspecified atom stereocenters. The van der Waals surface area contributed by atoms with Crippen LogP contribution in [0.2, 0.25) is 0 Å². The van der Waals surface area contributed by atoms with E-state index in [0.717, 1.165) is 67.9 Å². The lowest BCUT2D eigenvalue weighted by Gasteiger charge is -2.26. The number of hydrogen-bond acceptors (Lipinski definition) is 3. The van der Waals surface area contributed by atoms with Crippen molar-refractivity contribution in [3.8, 4) is 0 Å². The fourth-order valence-corrected chi connectivity index (χ4v) is 3.42. The number of nitrogens with zero attached hydrogens (tertiary/aromatic N) is 2. The highest BCUT2D eigenvalue weighted by atomic mass is 127. The van der Waals surface area contributed by atoms with Gasteiger partial charge in [-0.25, -0.2) is 0 Å². The Kier molecular flexibility index (Phi) is 9.41. The van der Waals surface area contributed by atoms with Crippen LogP contribution in [0.5, 0.6) is 0 Å². The summed E-state index contributed by atoms with van der Waals surface area (Å²) in [4.78, 5) is 7.04. The van der Waals surface area contributed by atoms with Crippen molar-refractivity contribution in [3.63, 3.8) is 0 Å². The minimum Gasteiger partial charge on any atom is -0.461 e. The summed E-state index contributed by atoms with van der Waals surface area (Å²) >= 11 is 0. The predicted octanol–water partition coefficient (Wildman–Crippen LogP) is 4.31. The first kappa shape index (κ1) is 22.0. The first-order chi connectivity index (χ1) is 12.8. The third-order valence-electron chi connectivity index (χ3n) is 5.01. The Balaban J connectivity index is 0.00000261. The van der Waals surface area contributed by atoms with E-state index in [1.54, 1.807) is 0 Å². The zero-order chi connectivity index (χ0) is 18.2. The minimum atomic E-state index is 0. The summed E-state index contributed by atoms with van der Waals surface area (Å²) in [6.45, 7) is 6.58. The van der Waals surface area contributed by atoms with Crippen molar-refractivity contribution in [1.82, 2.24) is 10.2 Å². The van der Waals surface area contributed by atoms with Gasteiger partial charge in [0.15, 0.2) is 5.96 Å². The first-order valence-corrected chi connectivity index (χ1v) is 9.81. The maximum Gasteiger partial charge on any atom is 0.193 e. The van der Waals surface area contributed by atoms with Gasteiger partial charge in [0, 0.05) is 51.7 Å². The van der Waals surface area contributed by atoms with Crippen LogP contribution in [-0.4, -0.2) is 50.8 Å². The summed E-state index contributed by atoms with van der Waals surface area (Å²) in [6, 6.07) is 10.3. The van der Waals surface area contributed by atoms with E-state index in [-0.39, 0.29) is 24.0 Å². The number of para-hydroxylation sites is 1. The molecule has 1 aliphatic rings. The van der Waals surface area contributed by atoms with E-state index >= 15 is 0 Å². The second-order valence-electron chi connectivity index (χ2n) is 7.00. The number of nitrogens with one attached hydrogen (secondary N) is 1. The van der Waals surface area contributed by atoms with Crippen LogP contribution in [0.3, 0.4) is 0 Å². The highest BCUT2D eigenvalue weighted by Crippen LogP contribution is 2.20. The quantitative estimate of drug-likeness (QED) is 0.361. The zero-order valence-electron chi connectivity index (χ0n) is 16.4. The molecule has 6 heteroatoms. The number of furan rings is 1. The highest BCUT2D eigenvalue weighted by molar-refractivity contribution is 14.0. The van der Waals surface area contributed by atoms with E-state index in [0.29, 0.717) is 0 Å². The molecule has 1 N–H and O–H groups in total. The molecule has 1 aliphatic heterocycles. The van der Waals surface area contributed by atoms with Crippen LogP contribution in [-0.2, 0) is 11.2 Å². The molecular formula is C21H32IN3O2. The Labute approximate surface area is 179 Å². The van der Waals surface area contributed by atoms with E-state index < -0.39 is 0 Å². The van der Waals surface area contributed by atoms with Crippen molar-refractivity contribution in [2.45, 2.75) is 32.6 Å². The minimum absolute atomic E-state index is 0. The summed E-state index contributed by atoms with van der Waals surface area (Å²) in [5.74, 6) is 2.76. The molecular weight excluding hydrogens is 453 g/mol. The number of halogens is 1. The van der Waals surface area contributed by atoms with Gasteiger partial charge in [-0.2, -0.15) is 0 Å². The number of ether oxygens (including phenoxy) is 1. The van der Waals surface area contributed by atoms with Gasteiger partial charge >= 0.3 is 0 Å². The molecule has 3 rings (SSSR count). The van der Waals surface area contributed by atoms with Crippen molar-refractivity contribution in [3.05, 3.63) is 36.1 Å². The predicted molar refractivity (Wildman–Crippen MR) is 122 cm³/mol. The summed E-state index contributed by atoms with van der Waals surface area (Å²) in [5.41, 5.74) is 0.951. The monoisotopic (exact) mass is 485 g/mol. The smallest absolute Gasteiger partial charge is 0.193 e. The molecule has 1 fully saturated rings. The summed E-state index contributed by atoms with van der Waals surface area (Å²) in [7, 11) is 2.13. The van der Waals surface area contributed by atoms with E-state index in [9.17, 15) is 0 Å². The van der Waals surface area contributed by atoms with Crippen LogP contribution in [0.25, 0.3) is 11.0 Å². The molecule has 1 aromatic heterocycles. The third-order valence-corrected chi connectivity index (χ3v) is 5.01. The van der Waals surface area contributed by atoms with Gasteiger partial charge in [0.2, 0.25) is 0 Å². The second kappa shape index (κ2) is 11.5. The van der Waals surface area contributed by atoms with Gasteiger partial charge in [-0.05, 0) is 44.2 Å². The van der Waals surface area contributed by atoms with Gasteiger partial charge in [0.05, 0.1) is 0 Å². The van der Waals surface area contributed by atoms with E-state index in [1.807, 2.05) is 18.2 Å². The van der Waals surface area contributed by atoms with Crippen LogP contribution in [0.4, 0.5) is 0 Å². The van der Waals surface area contributed by atoms with Gasteiger partial charge in [-0.1, -0.05) is 18.2 Å². The Morgan fingerprint density at radius 2 is 2.04 bits per heavy atom. The van der Waals surface area contributed by atoms with Gasteiger partial charge in [0.25, 0.3) is 0 Å². The van der Waals surface area contributed by atoms with Gasteiger partial charge < -0.3 is 19.4 Å². The Morgan fingerprint density at radius 1 is 1.26 bits per heavy atom. The van der Waals surface area contributed by atoms with Gasteiger partial charge in [-0.3, -0.25) is 4.99 Å². The third kappa shape index (κ3) is 6.68. The lowest BCUT2D eigenvalue weighted by atomic mass is 9.96. The molecule has 0 atom stereocenters. The fraction of sp³-hybridized carbons (Fsp3) is 0.571. The number of aliphatic imine (C=N–C) groups is 1. The fourth-order valence-electron chi connectivity index (χ4n) is 3.42. The number of benzene rings is 1. The summed E-state index contributed by atoms with van der Waals surface area (Å²) < 4.78 is 11.3. The second-order valence-corrected chi connectivity index (χ2v) is 7.00. The number of fused-ring (bicyclic) bond motifs is 1. The molecule has 1 saturated heterocycles. The summed E-state index contributed by atoms with van der Waals surface area (Å²) in [6.07, 6.45) is 4.40. The van der Waals surface area contributed by atoms with Crippen molar-refractivity contribution in [2.24, 2.45) is 10.9 Å². The van der Waals surface area contributed by atoms with Crippen molar-refractivity contribution >= 4 is 40.9 Å². The van der Waals surface area contributed by atoms with E-state index in [4.69, 9.17) is 14.1 Å². The maximum atomic E-state index is 5.88. The lowest BCUT2D eigenvalue weighted by Crippen LogP contribution is -2.40. The molecule has 0 saturated carbocycles. The number of hydrogen-bond donors (Lipinski definition) is 1. The SMILES string of the molecule is CCNC(=NCCc1cc2ccccc2o1)N(C)CCC1CCOCC1.I. The Bertz CT molecular complexity index is 677. The zero-order valence-corrected chi connectivity index (χ0v) is 18.8. The van der Waals surface area contributed by atoms with Crippen molar-refractivity contribution in [2.75, 3.05) is 39.9 Å². The average molecular weight is 485 g/mol. The molecule has 0 bridgehead atoms. The highest BCUT2D eigenvalue weighted by Gasteiger charge is 2.15. The van der Waals surface area contributed by atoms with Crippen LogP contribution in [0.15, 0.2) is 39.7 Å². The molecule has 2 heterocycles. The molecule has 0 amide bonds. The van der Waals surface area contributed by atoms with Crippen molar-refractivity contribution in [1.29, 1.82) is 0 Å². The standard InChI is InChI=1S/C21H31N3O2.HI/c1-3-22-21(24(2)13-9-17-10-14-25-15-11-17)23-12-8-19-16-18-6-4-5-7-20(18)26-19;/h4-7,16-17H,3,8-15H2,1-2H3,(H,22,23);1H. The van der Waals surface area contributed by atoms with Crippen LogP contribution < -0.4 is 5.32 Å². The molecule has 27 heavy (non-hydrogen) atoms. The van der Waals surface area contributed by atoms with Crippen molar-refractivity contribution < 1.29 is 9.15 Å². The number of guanidine groups is 1. The molecule has 1 aromatic carbocycles.